The largest absolute Gasteiger partial charge is 0.0776 e. The maximum Gasteiger partial charge on any atom is 0.0626 e. The molecule has 5 aromatic rings. The van der Waals surface area contributed by atoms with Gasteiger partial charge in [0.05, 0.1) is 5.48 Å². The zero-order valence-electron chi connectivity index (χ0n) is 47.2. The van der Waals surface area contributed by atoms with Crippen LogP contribution in [0.4, 0.5) is 0 Å². The molecule has 5 rings (SSSR count). The molecule has 0 N–H and O–H groups in total. The third kappa shape index (κ3) is 44.8. The molecule has 0 heteroatoms. The van der Waals surface area contributed by atoms with Crippen LogP contribution in [0, 0.1) is 39.5 Å². The summed E-state index contributed by atoms with van der Waals surface area (Å²) in [6.45, 7) is 20.3. The van der Waals surface area contributed by atoms with Crippen molar-refractivity contribution in [3.63, 3.8) is 0 Å². The minimum absolute atomic E-state index is 0. The second-order valence-corrected chi connectivity index (χ2v) is 11.9. The molecular formula is C58H106. The van der Waals surface area contributed by atoms with Crippen LogP contribution in [0.5, 0.6) is 0 Å². The topological polar surface area (TPSA) is 0 Å². The van der Waals surface area contributed by atoms with E-state index in [0.717, 1.165) is 19.8 Å². The first-order chi connectivity index (χ1) is 29.1. The predicted octanol–water partition coefficient (Wildman–Crippen LogP) is 21.7. The van der Waals surface area contributed by atoms with Crippen molar-refractivity contribution in [3.8, 4) is 22.3 Å². The number of benzene rings is 5. The minimum atomic E-state index is -2.58. The summed E-state index contributed by atoms with van der Waals surface area (Å²) in [4.78, 5) is 0. The Kier molecular flexibility index (Phi) is 41.4. The maximum absolute atomic E-state index is 7.43. The molecule has 1 unspecified atom stereocenters. The van der Waals surface area contributed by atoms with Gasteiger partial charge in [0.15, 0.2) is 0 Å². The smallest absolute Gasteiger partial charge is 0.0626 e. The van der Waals surface area contributed by atoms with Gasteiger partial charge in [-0.2, -0.15) is 0 Å². The van der Waals surface area contributed by atoms with Crippen LogP contribution in [-0.4, -0.2) is 0 Å². The lowest BCUT2D eigenvalue weighted by molar-refractivity contribution is 0.626. The fourth-order valence-electron chi connectivity index (χ4n) is 3.47. The fourth-order valence-corrected chi connectivity index (χ4v) is 3.47. The Morgan fingerprint density at radius 3 is 0.931 bits per heavy atom. The van der Waals surface area contributed by atoms with Crippen molar-refractivity contribution in [1.29, 1.82) is 0 Å². The molecule has 0 bridgehead atoms. The highest BCUT2D eigenvalue weighted by molar-refractivity contribution is 5.78. The molecule has 0 aliphatic heterocycles. The lowest BCUT2D eigenvalue weighted by atomic mass is 9.93. The molecule has 0 heterocycles. The third-order valence-electron chi connectivity index (χ3n) is 5.94. The van der Waals surface area contributed by atoms with Crippen molar-refractivity contribution >= 4 is 0 Å². The molecule has 0 saturated carbocycles. The van der Waals surface area contributed by atoms with E-state index in [-0.39, 0.29) is 83.6 Å². The van der Waals surface area contributed by atoms with Gasteiger partial charge >= 0.3 is 0 Å². The van der Waals surface area contributed by atoms with Gasteiger partial charge in [0, 0.05) is 13.7 Å². The fraction of sp³-hybridized carbons (Fsp3) is 0.483. The summed E-state index contributed by atoms with van der Waals surface area (Å²) in [5.41, 5.74) is 8.65. The normalized spacial score (nSPS) is 13.5. The van der Waals surface area contributed by atoms with E-state index in [0.29, 0.717) is 11.1 Å². The number of hydrogen-bond acceptors (Lipinski definition) is 0. The number of hydrogen-bond donors (Lipinski definition) is 0. The van der Waals surface area contributed by atoms with Gasteiger partial charge in [0.1, 0.15) is 0 Å². The summed E-state index contributed by atoms with van der Waals surface area (Å²) in [7, 11) is 0. The second-order valence-electron chi connectivity index (χ2n) is 11.9. The van der Waals surface area contributed by atoms with E-state index in [4.69, 9.17) is 19.2 Å². The van der Waals surface area contributed by atoms with Crippen LogP contribution < -0.4 is 0 Å². The Hall–Kier alpha value is -3.90. The predicted molar refractivity (Wildman–Crippen MR) is 285 cm³/mol. The Morgan fingerprint density at radius 2 is 0.741 bits per heavy atom. The molecule has 0 fully saturated rings. The zero-order valence-corrected chi connectivity index (χ0v) is 33.2. The molecule has 5 aromatic carbocycles. The minimum Gasteiger partial charge on any atom is -0.0776 e. The highest BCUT2D eigenvalue weighted by Gasteiger charge is 2.07. The van der Waals surface area contributed by atoms with Crippen molar-refractivity contribution < 1.29 is 19.2 Å². The molecule has 0 amide bonds. The Labute approximate surface area is 390 Å². The first kappa shape index (κ1) is 45.2. The molecule has 338 valence electrons. The van der Waals surface area contributed by atoms with E-state index in [1.165, 1.54) is 53.6 Å². The van der Waals surface area contributed by atoms with E-state index in [9.17, 15) is 0 Å². The molecule has 1 atom stereocenters. The molecule has 0 aromatic heterocycles. The molecule has 0 nitrogen and oxygen atoms in total. The van der Waals surface area contributed by atoms with E-state index < -0.39 is 31.9 Å². The molecule has 0 radical (unpaired) electrons. The van der Waals surface area contributed by atoms with Crippen molar-refractivity contribution in [3.05, 3.63) is 156 Å². The highest BCUT2D eigenvalue weighted by Crippen LogP contribution is 2.31. The van der Waals surface area contributed by atoms with Crippen molar-refractivity contribution in [1.82, 2.24) is 0 Å². The summed E-state index contributed by atoms with van der Waals surface area (Å²) >= 11 is 0. The molecule has 0 aliphatic rings. The van der Waals surface area contributed by atoms with Crippen LogP contribution in [0.2, 0.25) is 0 Å². The van der Waals surface area contributed by atoms with Crippen LogP contribution in [0.15, 0.2) is 133 Å². The van der Waals surface area contributed by atoms with Crippen molar-refractivity contribution in [2.75, 3.05) is 0 Å². The van der Waals surface area contributed by atoms with Crippen LogP contribution in [0.3, 0.4) is 0 Å². The average molecular weight is 818 g/mol. The highest BCUT2D eigenvalue weighted by atomic mass is 14.1. The molecule has 0 spiro atoms. The van der Waals surface area contributed by atoms with E-state index in [1.54, 1.807) is 13.8 Å². The maximum atomic E-state index is 7.43. The standard InChI is InChI=1S/C19H16.C8H10.C7H8.C5H12.2C4H10.C3H8.8CH4/c1-15-18(16-9-4-2-5-10-16)13-8-14-19(15)17-11-6-3-7-12-17;1-7-3-5-8(2)6-4-7;1-7-5-3-2-4-6-7;1-4-5(2)3;1-4(2)3;1-3-4-2;1-3-2;;;;;;;;/h2-14H,1H3;3-6H,1-2H3;2-6H,1H3;5H,4H2,1-3H3;4H,1-3H3;3-4H2,1-2H3;3H2,1-2H3;8*1H4/i;3D,4D,5D,6D;;2D3,4D2,5D;;3D2,4D2;;;;;;;;;. The first-order valence-electron chi connectivity index (χ1n) is 24.4. The van der Waals surface area contributed by atoms with E-state index in [1.807, 2.05) is 18.2 Å². The van der Waals surface area contributed by atoms with Gasteiger partial charge in [-0.3, -0.25) is 0 Å². The molecule has 58 heavy (non-hydrogen) atoms. The van der Waals surface area contributed by atoms with Crippen LogP contribution in [0.25, 0.3) is 22.3 Å². The van der Waals surface area contributed by atoms with Crippen LogP contribution >= 0.6 is 0 Å². The summed E-state index contributed by atoms with van der Waals surface area (Å²) < 4.78 is 99.4. The van der Waals surface area contributed by atoms with Gasteiger partial charge in [-0.1, -0.05) is 304 Å². The van der Waals surface area contributed by atoms with Crippen LogP contribution in [-0.2, 0) is 0 Å². The zero-order chi connectivity index (χ0) is 50.4. The van der Waals surface area contributed by atoms with Gasteiger partial charge in [0.2, 0.25) is 0 Å². The van der Waals surface area contributed by atoms with Gasteiger partial charge in [-0.15, -0.1) is 0 Å². The van der Waals surface area contributed by atoms with Crippen molar-refractivity contribution in [2.45, 2.75) is 182 Å². The molecule has 0 aliphatic carbocycles. The van der Waals surface area contributed by atoms with Gasteiger partial charge < -0.3 is 0 Å². The Balaban J connectivity index is -0.0000000814. The number of aryl methyl sites for hydroxylation is 1. The van der Waals surface area contributed by atoms with Gasteiger partial charge in [0.25, 0.3) is 0 Å². The average Bonchev–Trinajstić information content (AvgIpc) is 3.19. The Morgan fingerprint density at radius 1 is 0.466 bits per heavy atom. The molecule has 0 saturated heterocycles. The van der Waals surface area contributed by atoms with E-state index >= 15 is 0 Å². The summed E-state index contributed by atoms with van der Waals surface area (Å²) in [5.74, 6) is -1.21. The molecular weight excluding hydrogens is 697 g/mol. The first-order valence-corrected chi connectivity index (χ1v) is 17.4. The van der Waals surface area contributed by atoms with Crippen molar-refractivity contribution in [2.24, 2.45) is 11.8 Å². The monoisotopic (exact) mass is 817 g/mol. The van der Waals surface area contributed by atoms with Crippen LogP contribution in [0.1, 0.15) is 196 Å². The van der Waals surface area contributed by atoms with Gasteiger partial charge in [-0.25, -0.2) is 0 Å². The summed E-state index contributed by atoms with van der Waals surface area (Å²) in [6.07, 6.45) is -4.22. The van der Waals surface area contributed by atoms with E-state index in [2.05, 4.69) is 139 Å². The second kappa shape index (κ2) is 53.1. The summed E-state index contributed by atoms with van der Waals surface area (Å²) in [5, 5.41) is 0. The summed E-state index contributed by atoms with van der Waals surface area (Å²) in [6, 6.07) is 38.2. The van der Waals surface area contributed by atoms with Gasteiger partial charge in [-0.05, 0) is 67.3 Å². The lowest BCUT2D eigenvalue weighted by Crippen LogP contribution is -1.87. The quantitative estimate of drug-likeness (QED) is 0.169. The third-order valence-corrected chi connectivity index (χ3v) is 5.94. The number of rotatable bonds is 4. The lowest BCUT2D eigenvalue weighted by Gasteiger charge is -2.11. The Bertz CT molecular complexity index is 1830. The SMILES string of the molecule is C.C.C.C.C.C.C.C.CC(C)C.CCC.Cc1c(-c2ccccc2)cccc1-c1ccccc1.Cc1ccccc1.[2H]C([2H])(C)C([2H])([2H])C.[2H]C([2H])([2H])C([2H])(C)C([2H])([2H])C.[2H]c1c([2H])c(C)c([2H])c([2H])c1C.